The van der Waals surface area contributed by atoms with Crippen LogP contribution in [0.2, 0.25) is 0 Å². The molecule has 1 heterocycles. The second-order valence-corrected chi connectivity index (χ2v) is 4.59. The fourth-order valence-electron chi connectivity index (χ4n) is 1.85. The zero-order valence-electron chi connectivity index (χ0n) is 13.1. The van der Waals surface area contributed by atoms with Crippen LogP contribution in [0, 0.1) is 0 Å². The van der Waals surface area contributed by atoms with Crippen molar-refractivity contribution in [1.29, 1.82) is 0 Å². The minimum absolute atomic E-state index is 0.188. The number of nitrogens with zero attached hydrogens (tertiary/aromatic N) is 1. The molecule has 0 spiro atoms. The molecule has 132 valence electrons. The number of alkyl halides is 6. The summed E-state index contributed by atoms with van der Waals surface area (Å²) in [6, 6.07) is 3.72. The first-order valence-corrected chi connectivity index (χ1v) is 6.96. The maximum Gasteiger partial charge on any atom is 0.416 e. The summed E-state index contributed by atoms with van der Waals surface area (Å²) in [5, 5.41) is 0. The Kier molecular flexibility index (Phi) is 8.12. The molecule has 1 aliphatic rings. The molecule has 0 bridgehead atoms. The van der Waals surface area contributed by atoms with E-state index in [0.29, 0.717) is 24.9 Å². The number of hydrogen-bond acceptors (Lipinski definition) is 1. The molecular weight excluding hydrogens is 324 g/mol. The lowest BCUT2D eigenvalue weighted by Gasteiger charge is -2.25. The van der Waals surface area contributed by atoms with Crippen LogP contribution in [0.1, 0.15) is 37.5 Å². The lowest BCUT2D eigenvalue weighted by Crippen LogP contribution is -2.29. The predicted octanol–water partition coefficient (Wildman–Crippen LogP) is 4.81. The number of rotatable bonds is 1. The first kappa shape index (κ1) is 21.3. The molecule has 0 radical (unpaired) electrons. The van der Waals surface area contributed by atoms with Crippen LogP contribution in [0.5, 0.6) is 0 Å². The van der Waals surface area contributed by atoms with Crippen molar-refractivity contribution in [2.24, 2.45) is 0 Å². The van der Waals surface area contributed by atoms with E-state index in [2.05, 4.69) is 0 Å². The Morgan fingerprint density at radius 1 is 1.04 bits per heavy atom. The average Bonchev–Trinajstić information content (AvgIpc) is 2.45. The van der Waals surface area contributed by atoms with Gasteiger partial charge in [0.2, 0.25) is 6.41 Å². The van der Waals surface area contributed by atoms with Crippen LogP contribution in [0.4, 0.5) is 26.3 Å². The fourth-order valence-corrected chi connectivity index (χ4v) is 1.85. The maximum absolute atomic E-state index is 12.5. The summed E-state index contributed by atoms with van der Waals surface area (Å²) in [5.74, 6) is 0. The van der Waals surface area contributed by atoms with Crippen LogP contribution >= 0.6 is 0 Å². The zero-order chi connectivity index (χ0) is 18.3. The van der Waals surface area contributed by atoms with Gasteiger partial charge in [-0.1, -0.05) is 19.9 Å². The van der Waals surface area contributed by atoms with Gasteiger partial charge in [0.05, 0.1) is 5.56 Å². The molecule has 0 unspecified atom stereocenters. The predicted molar refractivity (Wildman–Crippen MR) is 74.7 cm³/mol. The second-order valence-electron chi connectivity index (χ2n) is 4.59. The van der Waals surface area contributed by atoms with Crippen LogP contribution in [0.3, 0.4) is 0 Å². The Bertz CT molecular complexity index is 490. The largest absolute Gasteiger partial charge is 0.416 e. The van der Waals surface area contributed by atoms with Crippen LogP contribution in [-0.4, -0.2) is 24.0 Å². The van der Waals surface area contributed by atoms with E-state index < -0.39 is 17.9 Å². The van der Waals surface area contributed by atoms with Gasteiger partial charge in [-0.2, -0.15) is 26.3 Å². The monoisotopic (exact) mass is 343 g/mol. The highest BCUT2D eigenvalue weighted by molar-refractivity contribution is 5.49. The normalized spacial score (nSPS) is 13.9. The van der Waals surface area contributed by atoms with E-state index in [1.807, 2.05) is 13.8 Å². The van der Waals surface area contributed by atoms with Gasteiger partial charge in [0, 0.05) is 20.0 Å². The number of amides is 1. The lowest BCUT2D eigenvalue weighted by atomic mass is 9.97. The number of carbonyl (C=O) groups is 1. The average molecular weight is 343 g/mol. The molecular formula is C15H19F6NO. The highest BCUT2D eigenvalue weighted by atomic mass is 19.4. The van der Waals surface area contributed by atoms with Gasteiger partial charge in [0.1, 0.15) is 0 Å². The summed E-state index contributed by atoms with van der Waals surface area (Å²) in [6.45, 7) is 5.03. The molecule has 1 aromatic carbocycles. The van der Waals surface area contributed by atoms with Gasteiger partial charge in [-0.3, -0.25) is 4.79 Å². The second kappa shape index (κ2) is 8.79. The summed E-state index contributed by atoms with van der Waals surface area (Å²) < 4.78 is 68.4. The smallest absolute Gasteiger partial charge is 0.341 e. The molecule has 2 nitrogen and oxygen atoms in total. The third-order valence-corrected chi connectivity index (χ3v) is 2.72. The number of fused-ring (bicyclic) bond motifs is 1. The number of hydrogen-bond donors (Lipinski definition) is 0. The summed E-state index contributed by atoms with van der Waals surface area (Å²) in [4.78, 5) is 12.0. The number of halogens is 6. The molecule has 1 amide bonds. The van der Waals surface area contributed by atoms with E-state index in [1.165, 1.54) is 11.0 Å². The van der Waals surface area contributed by atoms with E-state index in [1.54, 1.807) is 0 Å². The molecule has 0 N–H and O–H groups in total. The molecule has 0 aromatic heterocycles. The van der Waals surface area contributed by atoms with Crippen molar-refractivity contribution in [3.05, 3.63) is 34.9 Å². The van der Waals surface area contributed by atoms with Crippen molar-refractivity contribution in [3.63, 3.8) is 0 Å². The minimum Gasteiger partial charge on any atom is -0.341 e. The molecule has 1 aromatic rings. The van der Waals surface area contributed by atoms with Gasteiger partial charge in [0.15, 0.2) is 0 Å². The standard InChI is InChI=1S/C11H10F3NO.C2H3F3.C2H6/c12-11(13,14)10-2-1-8-3-4-15(7-16)6-9(8)5-10;1-2(3,4)5;1-2/h1-2,5,7H,3-4,6H2;1H3;1-2H3. The van der Waals surface area contributed by atoms with E-state index in [0.717, 1.165) is 17.7 Å². The van der Waals surface area contributed by atoms with Crippen molar-refractivity contribution in [1.82, 2.24) is 4.90 Å². The summed E-state index contributed by atoms with van der Waals surface area (Å²) >= 11 is 0. The number of carbonyl (C=O) groups excluding carboxylic acids is 1. The van der Waals surface area contributed by atoms with Gasteiger partial charge in [0.25, 0.3) is 0 Å². The van der Waals surface area contributed by atoms with Gasteiger partial charge < -0.3 is 4.90 Å². The highest BCUT2D eigenvalue weighted by Gasteiger charge is 2.31. The van der Waals surface area contributed by atoms with E-state index in [-0.39, 0.29) is 13.5 Å². The zero-order valence-corrected chi connectivity index (χ0v) is 13.1. The minimum atomic E-state index is -4.32. The Morgan fingerprint density at radius 2 is 1.57 bits per heavy atom. The summed E-state index contributed by atoms with van der Waals surface area (Å²) in [5.41, 5.74) is 0.832. The van der Waals surface area contributed by atoms with E-state index in [4.69, 9.17) is 0 Å². The first-order valence-electron chi connectivity index (χ1n) is 6.96. The third kappa shape index (κ3) is 8.47. The van der Waals surface area contributed by atoms with E-state index >= 15 is 0 Å². The van der Waals surface area contributed by atoms with Crippen molar-refractivity contribution in [2.75, 3.05) is 6.54 Å². The molecule has 2 rings (SSSR count). The van der Waals surface area contributed by atoms with Gasteiger partial charge in [-0.15, -0.1) is 0 Å². The topological polar surface area (TPSA) is 20.3 Å². The Morgan fingerprint density at radius 3 is 2.00 bits per heavy atom. The van der Waals surface area contributed by atoms with Gasteiger partial charge >= 0.3 is 12.4 Å². The van der Waals surface area contributed by atoms with Gasteiger partial charge in [-0.05, 0) is 29.7 Å². The molecule has 0 fully saturated rings. The Balaban J connectivity index is 0.000000594. The van der Waals surface area contributed by atoms with E-state index in [9.17, 15) is 31.1 Å². The van der Waals surface area contributed by atoms with Crippen molar-refractivity contribution in [3.8, 4) is 0 Å². The lowest BCUT2D eigenvalue weighted by molar-refractivity contribution is -0.137. The molecule has 0 saturated carbocycles. The molecule has 23 heavy (non-hydrogen) atoms. The van der Waals surface area contributed by atoms with Crippen molar-refractivity contribution < 1.29 is 31.1 Å². The molecule has 0 aliphatic carbocycles. The van der Waals surface area contributed by atoms with Crippen LogP contribution < -0.4 is 0 Å². The van der Waals surface area contributed by atoms with Crippen LogP contribution in [0.25, 0.3) is 0 Å². The Hall–Kier alpha value is -1.73. The fraction of sp³-hybridized carbons (Fsp3) is 0.533. The SMILES string of the molecule is CC.CC(F)(F)F.O=CN1CCc2ccc(C(F)(F)F)cc2C1. The molecule has 8 heteroatoms. The molecule has 1 aliphatic heterocycles. The van der Waals surface area contributed by atoms with Crippen molar-refractivity contribution >= 4 is 6.41 Å². The third-order valence-electron chi connectivity index (χ3n) is 2.72. The molecule has 0 saturated heterocycles. The van der Waals surface area contributed by atoms with Crippen molar-refractivity contribution in [2.45, 2.75) is 46.1 Å². The summed E-state index contributed by atoms with van der Waals surface area (Å²) in [7, 11) is 0. The Labute approximate surface area is 131 Å². The maximum atomic E-state index is 12.5. The van der Waals surface area contributed by atoms with Crippen LogP contribution in [-0.2, 0) is 23.9 Å². The highest BCUT2D eigenvalue weighted by Crippen LogP contribution is 2.31. The molecule has 0 atom stereocenters. The van der Waals surface area contributed by atoms with Crippen LogP contribution in [0.15, 0.2) is 18.2 Å². The number of benzene rings is 1. The quantitative estimate of drug-likeness (QED) is 0.529. The summed E-state index contributed by atoms with van der Waals surface area (Å²) in [6.07, 6.45) is -7.03. The first-order chi connectivity index (χ1) is 10.5. The van der Waals surface area contributed by atoms with Gasteiger partial charge in [-0.25, -0.2) is 0 Å².